The van der Waals surface area contributed by atoms with Gasteiger partial charge in [0.25, 0.3) is 0 Å². The fourth-order valence-corrected chi connectivity index (χ4v) is 2.21. The third-order valence-corrected chi connectivity index (χ3v) is 3.75. The first-order valence-electron chi connectivity index (χ1n) is 6.10. The van der Waals surface area contributed by atoms with E-state index < -0.39 is 0 Å². The zero-order valence-electron chi connectivity index (χ0n) is 10.2. The maximum absolute atomic E-state index is 12.0. The minimum absolute atomic E-state index is 0.131. The van der Waals surface area contributed by atoms with Crippen molar-refractivity contribution in [2.24, 2.45) is 0 Å². The van der Waals surface area contributed by atoms with E-state index in [0.717, 1.165) is 25.1 Å². The number of carbonyl (C=O) groups excluding carboxylic acids is 1. The van der Waals surface area contributed by atoms with Crippen LogP contribution in [0, 0.1) is 0 Å². The summed E-state index contributed by atoms with van der Waals surface area (Å²) in [6.07, 6.45) is 2.26. The first-order chi connectivity index (χ1) is 8.61. The summed E-state index contributed by atoms with van der Waals surface area (Å²) < 4.78 is 0. The molecule has 3 nitrogen and oxygen atoms in total. The van der Waals surface area contributed by atoms with Crippen molar-refractivity contribution >= 4 is 34.8 Å². The third kappa shape index (κ3) is 3.30. The number of likely N-dealkylation sites (N-methyl/N-ethyl adjacent to an activating group) is 1. The molecule has 1 fully saturated rings. The second kappa shape index (κ2) is 5.81. The van der Waals surface area contributed by atoms with Crippen LogP contribution in [0.4, 0.5) is 5.69 Å². The van der Waals surface area contributed by atoms with Crippen LogP contribution >= 0.6 is 23.2 Å². The molecule has 0 aliphatic heterocycles. The highest BCUT2D eigenvalue weighted by Crippen LogP contribution is 2.27. The molecule has 1 N–H and O–H groups in total. The average Bonchev–Trinajstić information content (AvgIpc) is 3.16. The van der Waals surface area contributed by atoms with Crippen LogP contribution in [0.15, 0.2) is 18.2 Å². The number of carbonyl (C=O) groups is 1. The monoisotopic (exact) mass is 286 g/mol. The Kier molecular flexibility index (Phi) is 4.36. The smallest absolute Gasteiger partial charge is 0.242 e. The zero-order valence-corrected chi connectivity index (χ0v) is 11.8. The predicted molar refractivity (Wildman–Crippen MR) is 75.4 cm³/mol. The van der Waals surface area contributed by atoms with Gasteiger partial charge in [0.2, 0.25) is 5.91 Å². The Bertz CT molecular complexity index is 447. The number of nitrogens with zero attached hydrogens (tertiary/aromatic N) is 1. The summed E-state index contributed by atoms with van der Waals surface area (Å²) >= 11 is 11.7. The first-order valence-corrected chi connectivity index (χ1v) is 6.85. The summed E-state index contributed by atoms with van der Waals surface area (Å²) in [5.74, 6) is 0.131. The first kappa shape index (κ1) is 13.5. The molecule has 1 aliphatic rings. The fraction of sp³-hybridized carbons (Fsp3) is 0.462. The molecule has 0 bridgehead atoms. The van der Waals surface area contributed by atoms with Gasteiger partial charge in [-0.25, -0.2) is 0 Å². The lowest BCUT2D eigenvalue weighted by atomic mass is 10.3. The summed E-state index contributed by atoms with van der Waals surface area (Å²) in [5, 5.41) is 4.08. The zero-order chi connectivity index (χ0) is 13.1. The average molecular weight is 287 g/mol. The summed E-state index contributed by atoms with van der Waals surface area (Å²) in [7, 11) is 0. The van der Waals surface area contributed by atoms with Crippen LogP contribution in [-0.4, -0.2) is 29.9 Å². The molecule has 0 heterocycles. The second-order valence-electron chi connectivity index (χ2n) is 4.39. The molecule has 5 heteroatoms. The highest BCUT2D eigenvalue weighted by Gasteiger charge is 2.30. The van der Waals surface area contributed by atoms with Crippen molar-refractivity contribution < 1.29 is 4.79 Å². The number of hydrogen-bond acceptors (Lipinski definition) is 2. The van der Waals surface area contributed by atoms with Gasteiger partial charge in [-0.1, -0.05) is 23.2 Å². The van der Waals surface area contributed by atoms with Gasteiger partial charge in [0.1, 0.15) is 0 Å². The Morgan fingerprint density at radius 1 is 1.39 bits per heavy atom. The fourth-order valence-electron chi connectivity index (χ4n) is 1.91. The lowest BCUT2D eigenvalue weighted by molar-refractivity contribution is -0.129. The molecule has 1 saturated carbocycles. The molecule has 0 aromatic heterocycles. The standard InChI is InChI=1S/C13H16Cl2N2O/c1-2-17(10-4-5-10)13(18)8-16-9-3-6-11(14)12(15)7-9/h3,6-7,10,16H,2,4-5,8H2,1H3. The number of halogens is 2. The van der Waals surface area contributed by atoms with E-state index >= 15 is 0 Å². The predicted octanol–water partition coefficient (Wildman–Crippen LogP) is 3.42. The maximum Gasteiger partial charge on any atom is 0.242 e. The minimum Gasteiger partial charge on any atom is -0.376 e. The Morgan fingerprint density at radius 2 is 2.11 bits per heavy atom. The van der Waals surface area contributed by atoms with Crippen LogP contribution < -0.4 is 5.32 Å². The van der Waals surface area contributed by atoms with Crippen LogP contribution in [0.25, 0.3) is 0 Å². The van der Waals surface area contributed by atoms with Gasteiger partial charge in [-0.2, -0.15) is 0 Å². The highest BCUT2D eigenvalue weighted by molar-refractivity contribution is 6.42. The van der Waals surface area contributed by atoms with Crippen LogP contribution in [0.1, 0.15) is 19.8 Å². The maximum atomic E-state index is 12.0. The van der Waals surface area contributed by atoms with Gasteiger partial charge >= 0.3 is 0 Å². The van der Waals surface area contributed by atoms with Crippen molar-refractivity contribution in [3.63, 3.8) is 0 Å². The summed E-state index contributed by atoms with van der Waals surface area (Å²) in [4.78, 5) is 13.9. The van der Waals surface area contributed by atoms with E-state index in [9.17, 15) is 4.79 Å². The molecule has 98 valence electrons. The third-order valence-electron chi connectivity index (χ3n) is 3.01. The Morgan fingerprint density at radius 3 is 2.67 bits per heavy atom. The quantitative estimate of drug-likeness (QED) is 0.900. The molecule has 1 aliphatic carbocycles. The number of anilines is 1. The molecule has 0 saturated heterocycles. The molecule has 0 radical (unpaired) electrons. The Hall–Kier alpha value is -0.930. The van der Waals surface area contributed by atoms with Crippen LogP contribution in [-0.2, 0) is 4.79 Å². The molecule has 0 atom stereocenters. The van der Waals surface area contributed by atoms with Gasteiger partial charge in [-0.15, -0.1) is 0 Å². The summed E-state index contributed by atoms with van der Waals surface area (Å²) in [5.41, 5.74) is 0.810. The summed E-state index contributed by atoms with van der Waals surface area (Å²) in [6.45, 7) is 3.07. The topological polar surface area (TPSA) is 32.3 Å². The van der Waals surface area contributed by atoms with Crippen molar-refractivity contribution in [2.75, 3.05) is 18.4 Å². The summed E-state index contributed by atoms with van der Waals surface area (Å²) in [6, 6.07) is 5.72. The molecule has 0 unspecified atom stereocenters. The Labute approximate surface area is 117 Å². The molecule has 18 heavy (non-hydrogen) atoms. The van der Waals surface area contributed by atoms with Crippen LogP contribution in [0.3, 0.4) is 0 Å². The van der Waals surface area contributed by atoms with E-state index in [2.05, 4.69) is 5.32 Å². The molecular formula is C13H16Cl2N2O. The molecule has 1 aromatic rings. The van der Waals surface area contributed by atoms with Gasteiger partial charge < -0.3 is 10.2 Å². The van der Waals surface area contributed by atoms with Crippen molar-refractivity contribution in [3.05, 3.63) is 28.2 Å². The van der Waals surface area contributed by atoms with Crippen molar-refractivity contribution in [3.8, 4) is 0 Å². The molecule has 1 aromatic carbocycles. The normalized spacial score (nSPS) is 14.4. The largest absolute Gasteiger partial charge is 0.376 e. The number of rotatable bonds is 5. The van der Waals surface area contributed by atoms with E-state index in [4.69, 9.17) is 23.2 Å². The Balaban J connectivity index is 1.90. The van der Waals surface area contributed by atoms with E-state index in [0.29, 0.717) is 22.6 Å². The van der Waals surface area contributed by atoms with E-state index in [1.54, 1.807) is 12.1 Å². The van der Waals surface area contributed by atoms with E-state index in [-0.39, 0.29) is 5.91 Å². The second-order valence-corrected chi connectivity index (χ2v) is 5.21. The van der Waals surface area contributed by atoms with Gasteiger partial charge in [-0.3, -0.25) is 4.79 Å². The highest BCUT2D eigenvalue weighted by atomic mass is 35.5. The molecular weight excluding hydrogens is 271 g/mol. The van der Waals surface area contributed by atoms with Gasteiger partial charge in [0, 0.05) is 18.3 Å². The van der Waals surface area contributed by atoms with Crippen molar-refractivity contribution in [1.82, 2.24) is 4.90 Å². The lowest BCUT2D eigenvalue weighted by Gasteiger charge is -2.20. The molecule has 1 amide bonds. The van der Waals surface area contributed by atoms with Gasteiger partial charge in [0.15, 0.2) is 0 Å². The van der Waals surface area contributed by atoms with Gasteiger partial charge in [0.05, 0.1) is 16.6 Å². The van der Waals surface area contributed by atoms with Gasteiger partial charge in [-0.05, 0) is 38.0 Å². The van der Waals surface area contributed by atoms with Crippen LogP contribution in [0.5, 0.6) is 0 Å². The minimum atomic E-state index is 0.131. The van der Waals surface area contributed by atoms with E-state index in [1.807, 2.05) is 17.9 Å². The number of amides is 1. The number of nitrogens with one attached hydrogen (secondary N) is 1. The van der Waals surface area contributed by atoms with Crippen molar-refractivity contribution in [1.29, 1.82) is 0 Å². The molecule has 2 rings (SSSR count). The molecule has 0 spiro atoms. The lowest BCUT2D eigenvalue weighted by Crippen LogP contribution is -2.37. The van der Waals surface area contributed by atoms with Crippen molar-refractivity contribution in [2.45, 2.75) is 25.8 Å². The number of benzene rings is 1. The van der Waals surface area contributed by atoms with Crippen LogP contribution in [0.2, 0.25) is 10.0 Å². The van der Waals surface area contributed by atoms with E-state index in [1.165, 1.54) is 0 Å². The number of hydrogen-bond donors (Lipinski definition) is 1. The SMILES string of the molecule is CCN(C(=O)CNc1ccc(Cl)c(Cl)c1)C1CC1.